The van der Waals surface area contributed by atoms with Crippen molar-refractivity contribution in [2.75, 3.05) is 13.7 Å². The molecular weight excluding hydrogens is 200 g/mol. The van der Waals surface area contributed by atoms with Gasteiger partial charge in [-0.15, -0.1) is 0 Å². The van der Waals surface area contributed by atoms with Crippen molar-refractivity contribution < 1.29 is 9.84 Å². The molecule has 0 bridgehead atoms. The Morgan fingerprint density at radius 3 is 2.50 bits per heavy atom. The van der Waals surface area contributed by atoms with Crippen molar-refractivity contribution in [1.82, 2.24) is 0 Å². The molecule has 0 aromatic heterocycles. The van der Waals surface area contributed by atoms with Gasteiger partial charge in [0, 0.05) is 7.11 Å². The fourth-order valence-electron chi connectivity index (χ4n) is 2.14. The number of hydrogen-bond acceptors (Lipinski definition) is 2. The van der Waals surface area contributed by atoms with Crippen LogP contribution in [0.1, 0.15) is 30.6 Å². The van der Waals surface area contributed by atoms with Gasteiger partial charge in [0.25, 0.3) is 0 Å². The summed E-state index contributed by atoms with van der Waals surface area (Å²) in [5.74, 6) is 1.16. The summed E-state index contributed by atoms with van der Waals surface area (Å²) in [5, 5.41) is 10.1. The molecule has 16 heavy (non-hydrogen) atoms. The van der Waals surface area contributed by atoms with Crippen LogP contribution < -0.4 is 0 Å². The van der Waals surface area contributed by atoms with Crippen LogP contribution in [0.15, 0.2) is 24.3 Å². The first-order chi connectivity index (χ1) is 7.72. The molecule has 1 aliphatic rings. The van der Waals surface area contributed by atoms with Crippen molar-refractivity contribution in [3.05, 3.63) is 35.4 Å². The Balaban J connectivity index is 1.96. The zero-order valence-corrected chi connectivity index (χ0v) is 10.0. The molecule has 0 amide bonds. The molecule has 1 saturated carbocycles. The molecule has 1 N–H and O–H groups in total. The van der Waals surface area contributed by atoms with Gasteiger partial charge in [0.05, 0.1) is 12.7 Å². The van der Waals surface area contributed by atoms with E-state index >= 15 is 0 Å². The van der Waals surface area contributed by atoms with Crippen molar-refractivity contribution in [3.63, 3.8) is 0 Å². The summed E-state index contributed by atoms with van der Waals surface area (Å²) in [5.41, 5.74) is 2.32. The fourth-order valence-corrected chi connectivity index (χ4v) is 2.14. The second kappa shape index (κ2) is 4.98. The molecule has 1 aliphatic carbocycles. The largest absolute Gasteiger partial charge is 0.388 e. The second-order valence-corrected chi connectivity index (χ2v) is 4.81. The van der Waals surface area contributed by atoms with Crippen LogP contribution in [-0.2, 0) is 11.2 Å². The Hall–Kier alpha value is -0.860. The van der Waals surface area contributed by atoms with Crippen molar-refractivity contribution in [3.8, 4) is 0 Å². The molecule has 0 spiro atoms. The maximum Gasteiger partial charge on any atom is 0.0820 e. The Labute approximate surface area is 97.3 Å². The lowest BCUT2D eigenvalue weighted by atomic mass is 10.0. The van der Waals surface area contributed by atoms with Gasteiger partial charge in [-0.1, -0.05) is 31.2 Å². The molecule has 1 fully saturated rings. The van der Waals surface area contributed by atoms with E-state index in [4.69, 9.17) is 4.74 Å². The van der Waals surface area contributed by atoms with Gasteiger partial charge in [-0.3, -0.25) is 0 Å². The van der Waals surface area contributed by atoms with Crippen molar-refractivity contribution >= 4 is 0 Å². The summed E-state index contributed by atoms with van der Waals surface area (Å²) in [6.07, 6.45) is 1.82. The molecule has 2 rings (SSSR count). The molecule has 3 unspecified atom stereocenters. The highest BCUT2D eigenvalue weighted by Gasteiger charge is 2.39. The third kappa shape index (κ3) is 2.63. The molecular formula is C14H20O2. The van der Waals surface area contributed by atoms with Crippen molar-refractivity contribution in [2.45, 2.75) is 25.9 Å². The minimum atomic E-state index is -0.272. The number of ether oxygens (including phenoxy) is 1. The summed E-state index contributed by atoms with van der Waals surface area (Å²) in [4.78, 5) is 0. The van der Waals surface area contributed by atoms with E-state index in [0.29, 0.717) is 11.8 Å². The molecule has 0 saturated heterocycles. The summed E-state index contributed by atoms with van der Waals surface area (Å²) in [6, 6.07) is 8.26. The number of benzene rings is 1. The highest BCUT2D eigenvalue weighted by atomic mass is 16.5. The van der Waals surface area contributed by atoms with E-state index in [-0.39, 0.29) is 6.10 Å². The Bertz CT molecular complexity index is 331. The van der Waals surface area contributed by atoms with Crippen LogP contribution >= 0.6 is 0 Å². The molecule has 2 nitrogen and oxygen atoms in total. The van der Waals surface area contributed by atoms with E-state index in [2.05, 4.69) is 19.1 Å². The van der Waals surface area contributed by atoms with Crippen LogP contribution in [0.25, 0.3) is 0 Å². The van der Waals surface area contributed by atoms with Crippen LogP contribution in [0.3, 0.4) is 0 Å². The molecule has 1 aromatic rings. The van der Waals surface area contributed by atoms with Gasteiger partial charge < -0.3 is 9.84 Å². The topological polar surface area (TPSA) is 29.5 Å². The van der Waals surface area contributed by atoms with Crippen LogP contribution in [0.5, 0.6) is 0 Å². The summed E-state index contributed by atoms with van der Waals surface area (Å²) in [7, 11) is 1.71. The standard InChI is InChI=1S/C14H20O2/c1-10-9-13(10)14(15)12-5-3-11(4-6-12)7-8-16-2/h3-6,10,13-15H,7-9H2,1-2H3. The maximum absolute atomic E-state index is 10.1. The van der Waals surface area contributed by atoms with Gasteiger partial charge in [0.2, 0.25) is 0 Å². The van der Waals surface area contributed by atoms with E-state index in [1.165, 1.54) is 5.56 Å². The Morgan fingerprint density at radius 2 is 2.00 bits per heavy atom. The second-order valence-electron chi connectivity index (χ2n) is 4.81. The van der Waals surface area contributed by atoms with Gasteiger partial charge in [-0.2, -0.15) is 0 Å². The lowest BCUT2D eigenvalue weighted by molar-refractivity contribution is 0.148. The van der Waals surface area contributed by atoms with E-state index in [1.54, 1.807) is 7.11 Å². The Kier molecular flexibility index (Phi) is 3.62. The Morgan fingerprint density at radius 1 is 1.38 bits per heavy atom. The number of aliphatic hydroxyl groups excluding tert-OH is 1. The summed E-state index contributed by atoms with van der Waals surface area (Å²) < 4.78 is 5.04. The molecule has 0 aliphatic heterocycles. The molecule has 3 atom stereocenters. The van der Waals surface area contributed by atoms with E-state index in [1.807, 2.05) is 12.1 Å². The smallest absolute Gasteiger partial charge is 0.0820 e. The van der Waals surface area contributed by atoms with E-state index in [9.17, 15) is 5.11 Å². The predicted molar refractivity (Wildman–Crippen MR) is 64.3 cm³/mol. The summed E-state index contributed by atoms with van der Waals surface area (Å²) >= 11 is 0. The third-order valence-electron chi connectivity index (χ3n) is 3.49. The molecule has 0 heterocycles. The average Bonchev–Trinajstić information content (AvgIpc) is 3.03. The van der Waals surface area contributed by atoms with Crippen molar-refractivity contribution in [1.29, 1.82) is 0 Å². The zero-order valence-electron chi connectivity index (χ0n) is 10.0. The lowest BCUT2D eigenvalue weighted by Gasteiger charge is -2.10. The summed E-state index contributed by atoms with van der Waals surface area (Å²) in [6.45, 7) is 2.95. The van der Waals surface area contributed by atoms with Crippen LogP contribution in [0.2, 0.25) is 0 Å². The first-order valence-electron chi connectivity index (χ1n) is 5.98. The average molecular weight is 220 g/mol. The van der Waals surface area contributed by atoms with Gasteiger partial charge >= 0.3 is 0 Å². The quantitative estimate of drug-likeness (QED) is 0.826. The number of aliphatic hydroxyl groups is 1. The first kappa shape index (κ1) is 11.6. The highest BCUT2D eigenvalue weighted by Crippen LogP contribution is 2.46. The van der Waals surface area contributed by atoms with E-state index < -0.39 is 0 Å². The highest BCUT2D eigenvalue weighted by molar-refractivity contribution is 5.25. The van der Waals surface area contributed by atoms with Gasteiger partial charge in [-0.05, 0) is 35.8 Å². The molecule has 2 heteroatoms. The number of methoxy groups -OCH3 is 1. The lowest BCUT2D eigenvalue weighted by Crippen LogP contribution is -2.01. The third-order valence-corrected chi connectivity index (χ3v) is 3.49. The molecule has 1 aromatic carbocycles. The van der Waals surface area contributed by atoms with Crippen LogP contribution in [0.4, 0.5) is 0 Å². The van der Waals surface area contributed by atoms with Crippen molar-refractivity contribution in [2.24, 2.45) is 11.8 Å². The van der Waals surface area contributed by atoms with E-state index in [0.717, 1.165) is 25.0 Å². The number of hydrogen-bond donors (Lipinski definition) is 1. The maximum atomic E-state index is 10.1. The van der Waals surface area contributed by atoms with Gasteiger partial charge in [0.1, 0.15) is 0 Å². The van der Waals surface area contributed by atoms with Crippen LogP contribution in [-0.4, -0.2) is 18.8 Å². The number of rotatable bonds is 5. The monoisotopic (exact) mass is 220 g/mol. The normalized spacial score (nSPS) is 25.4. The van der Waals surface area contributed by atoms with Gasteiger partial charge in [-0.25, -0.2) is 0 Å². The zero-order chi connectivity index (χ0) is 11.5. The fraction of sp³-hybridized carbons (Fsp3) is 0.571. The van der Waals surface area contributed by atoms with Crippen LogP contribution in [0, 0.1) is 11.8 Å². The minimum absolute atomic E-state index is 0.272. The first-order valence-corrected chi connectivity index (χ1v) is 5.98. The minimum Gasteiger partial charge on any atom is -0.388 e. The molecule has 0 radical (unpaired) electrons. The van der Waals surface area contributed by atoms with Gasteiger partial charge in [0.15, 0.2) is 0 Å². The SMILES string of the molecule is COCCc1ccc(C(O)C2CC2C)cc1. The predicted octanol–water partition coefficient (Wildman–Crippen LogP) is 2.56. The molecule has 88 valence electrons.